The quantitative estimate of drug-likeness (QED) is 0.634. The first kappa shape index (κ1) is 18.2. The first-order valence-corrected chi connectivity index (χ1v) is 8.68. The Bertz CT molecular complexity index is 815. The molecule has 9 heteroatoms. The Morgan fingerprint density at radius 3 is 2.62 bits per heavy atom. The number of likely N-dealkylation sites (N-methyl/N-ethyl adjacent to an activating group) is 1. The standard InChI is InChI=1S/C17H19ClN4O4/c1-2-20-8-10-21(11-9-20)16-12(18)4-3-5-13(16)19-17(23)14-6-7-15(26-14)22(24)25/h3-7H,2,8-11H2,1H3,(H,19,23). The monoisotopic (exact) mass is 378 g/mol. The lowest BCUT2D eigenvalue weighted by Crippen LogP contribution is -2.46. The van der Waals surface area contributed by atoms with Gasteiger partial charge >= 0.3 is 5.88 Å². The number of carbonyl (C=O) groups excluding carboxylic acids is 1. The maximum atomic E-state index is 12.4. The van der Waals surface area contributed by atoms with Gasteiger partial charge in [-0.25, -0.2) is 0 Å². The second-order valence-corrected chi connectivity index (χ2v) is 6.31. The second-order valence-electron chi connectivity index (χ2n) is 5.91. The molecule has 3 rings (SSSR count). The van der Waals surface area contributed by atoms with Gasteiger partial charge in [-0.05, 0) is 24.7 Å². The summed E-state index contributed by atoms with van der Waals surface area (Å²) in [4.78, 5) is 26.9. The summed E-state index contributed by atoms with van der Waals surface area (Å²) in [6, 6.07) is 7.70. The predicted molar refractivity (Wildman–Crippen MR) is 99.1 cm³/mol. The number of piperazine rings is 1. The minimum Gasteiger partial charge on any atom is -0.395 e. The number of halogens is 1. The number of anilines is 2. The van der Waals surface area contributed by atoms with Crippen molar-refractivity contribution in [1.82, 2.24) is 4.90 Å². The molecule has 1 saturated heterocycles. The summed E-state index contributed by atoms with van der Waals surface area (Å²) in [5, 5.41) is 14.0. The summed E-state index contributed by atoms with van der Waals surface area (Å²) in [6.45, 7) is 6.55. The second kappa shape index (κ2) is 7.76. The van der Waals surface area contributed by atoms with Crippen LogP contribution in [0.2, 0.25) is 5.02 Å². The van der Waals surface area contributed by atoms with Crippen LogP contribution in [-0.2, 0) is 0 Å². The lowest BCUT2D eigenvalue weighted by molar-refractivity contribution is -0.402. The molecule has 1 aliphatic rings. The van der Waals surface area contributed by atoms with Crippen molar-refractivity contribution >= 4 is 34.8 Å². The van der Waals surface area contributed by atoms with Crippen LogP contribution >= 0.6 is 11.6 Å². The zero-order chi connectivity index (χ0) is 18.7. The van der Waals surface area contributed by atoms with Crippen molar-refractivity contribution < 1.29 is 14.1 Å². The number of hydrogen-bond acceptors (Lipinski definition) is 6. The van der Waals surface area contributed by atoms with E-state index in [4.69, 9.17) is 16.0 Å². The lowest BCUT2D eigenvalue weighted by Gasteiger charge is -2.36. The van der Waals surface area contributed by atoms with Crippen LogP contribution in [0.3, 0.4) is 0 Å². The van der Waals surface area contributed by atoms with Crippen molar-refractivity contribution in [2.24, 2.45) is 0 Å². The van der Waals surface area contributed by atoms with Crippen LogP contribution in [0.25, 0.3) is 0 Å². The molecule has 0 saturated carbocycles. The molecule has 0 spiro atoms. The Labute approximate surface area is 155 Å². The number of benzene rings is 1. The fourth-order valence-corrected chi connectivity index (χ4v) is 3.25. The van der Waals surface area contributed by atoms with Gasteiger partial charge in [0.05, 0.1) is 22.5 Å². The highest BCUT2D eigenvalue weighted by Gasteiger charge is 2.23. The molecule has 1 fully saturated rings. The van der Waals surface area contributed by atoms with Crippen molar-refractivity contribution in [3.63, 3.8) is 0 Å². The van der Waals surface area contributed by atoms with Gasteiger partial charge in [-0.3, -0.25) is 14.9 Å². The van der Waals surface area contributed by atoms with E-state index < -0.39 is 16.7 Å². The Kier molecular flexibility index (Phi) is 5.43. The van der Waals surface area contributed by atoms with E-state index in [-0.39, 0.29) is 5.76 Å². The summed E-state index contributed by atoms with van der Waals surface area (Å²) in [5.74, 6) is -1.16. The van der Waals surface area contributed by atoms with E-state index in [9.17, 15) is 14.9 Å². The average Bonchev–Trinajstić information content (AvgIpc) is 3.13. The van der Waals surface area contributed by atoms with Gasteiger partial charge in [0.25, 0.3) is 5.91 Å². The van der Waals surface area contributed by atoms with Gasteiger partial charge < -0.3 is 19.5 Å². The van der Waals surface area contributed by atoms with Crippen LogP contribution in [0.5, 0.6) is 0 Å². The molecular weight excluding hydrogens is 360 g/mol. The molecule has 1 amide bonds. The number of nitrogens with zero attached hydrogens (tertiary/aromatic N) is 3. The van der Waals surface area contributed by atoms with Crippen LogP contribution in [0.15, 0.2) is 34.7 Å². The van der Waals surface area contributed by atoms with Crippen LogP contribution < -0.4 is 10.2 Å². The Morgan fingerprint density at radius 1 is 1.27 bits per heavy atom. The Hall–Kier alpha value is -2.58. The van der Waals surface area contributed by atoms with E-state index in [1.807, 2.05) is 0 Å². The van der Waals surface area contributed by atoms with E-state index in [1.165, 1.54) is 6.07 Å². The van der Waals surface area contributed by atoms with Crippen molar-refractivity contribution in [1.29, 1.82) is 0 Å². The molecule has 1 aromatic heterocycles. The molecule has 2 aromatic rings. The van der Waals surface area contributed by atoms with Gasteiger partial charge in [-0.1, -0.05) is 24.6 Å². The van der Waals surface area contributed by atoms with E-state index >= 15 is 0 Å². The van der Waals surface area contributed by atoms with Gasteiger partial charge in [-0.2, -0.15) is 0 Å². The van der Waals surface area contributed by atoms with Crippen molar-refractivity contribution in [2.45, 2.75) is 6.92 Å². The zero-order valence-electron chi connectivity index (χ0n) is 14.3. The van der Waals surface area contributed by atoms with Gasteiger partial charge in [0, 0.05) is 26.2 Å². The highest BCUT2D eigenvalue weighted by Crippen LogP contribution is 2.35. The molecule has 2 heterocycles. The molecule has 0 atom stereocenters. The van der Waals surface area contributed by atoms with Crippen LogP contribution in [-0.4, -0.2) is 48.5 Å². The third-order valence-electron chi connectivity index (χ3n) is 4.37. The average molecular weight is 379 g/mol. The van der Waals surface area contributed by atoms with E-state index in [1.54, 1.807) is 18.2 Å². The van der Waals surface area contributed by atoms with Gasteiger partial charge in [0.15, 0.2) is 5.76 Å². The number of furan rings is 1. The van der Waals surface area contributed by atoms with Crippen LogP contribution in [0.1, 0.15) is 17.5 Å². The molecule has 1 aromatic carbocycles. The topological polar surface area (TPSA) is 91.9 Å². The first-order chi connectivity index (χ1) is 12.5. The smallest absolute Gasteiger partial charge is 0.395 e. The molecule has 0 aliphatic carbocycles. The molecule has 138 valence electrons. The molecule has 0 bridgehead atoms. The Morgan fingerprint density at radius 2 is 2.00 bits per heavy atom. The van der Waals surface area contributed by atoms with Crippen LogP contribution in [0.4, 0.5) is 17.3 Å². The number of nitro groups is 1. The first-order valence-electron chi connectivity index (χ1n) is 8.31. The van der Waals surface area contributed by atoms with E-state index in [2.05, 4.69) is 22.0 Å². The Balaban J connectivity index is 1.80. The number of rotatable bonds is 5. The molecule has 26 heavy (non-hydrogen) atoms. The third kappa shape index (κ3) is 3.81. The molecule has 0 unspecified atom stereocenters. The summed E-state index contributed by atoms with van der Waals surface area (Å²) in [7, 11) is 0. The van der Waals surface area contributed by atoms with Gasteiger partial charge in [0.1, 0.15) is 4.92 Å². The van der Waals surface area contributed by atoms with E-state index in [0.29, 0.717) is 10.7 Å². The number of amides is 1. The van der Waals surface area contributed by atoms with Crippen molar-refractivity contribution in [3.8, 4) is 0 Å². The van der Waals surface area contributed by atoms with Crippen molar-refractivity contribution in [2.75, 3.05) is 42.9 Å². The van der Waals surface area contributed by atoms with Gasteiger partial charge in [-0.15, -0.1) is 0 Å². The number of nitrogens with one attached hydrogen (secondary N) is 1. The highest BCUT2D eigenvalue weighted by atomic mass is 35.5. The molecular formula is C17H19ClN4O4. The minimum absolute atomic E-state index is 0.126. The fourth-order valence-electron chi connectivity index (χ4n) is 2.96. The minimum atomic E-state index is -0.686. The fraction of sp³-hybridized carbons (Fsp3) is 0.353. The number of para-hydroxylation sites is 1. The molecule has 1 aliphatic heterocycles. The zero-order valence-corrected chi connectivity index (χ0v) is 15.0. The van der Waals surface area contributed by atoms with Gasteiger partial charge in [0.2, 0.25) is 0 Å². The number of hydrogen-bond donors (Lipinski definition) is 1. The van der Waals surface area contributed by atoms with Crippen molar-refractivity contribution in [3.05, 3.63) is 51.2 Å². The predicted octanol–water partition coefficient (Wildman–Crippen LogP) is 3.24. The highest BCUT2D eigenvalue weighted by molar-refractivity contribution is 6.34. The normalized spacial score (nSPS) is 15.1. The summed E-state index contributed by atoms with van der Waals surface area (Å²) >= 11 is 6.39. The molecule has 8 nitrogen and oxygen atoms in total. The summed E-state index contributed by atoms with van der Waals surface area (Å²) in [6.07, 6.45) is 0. The number of carbonyl (C=O) groups is 1. The van der Waals surface area contributed by atoms with Crippen LogP contribution in [0, 0.1) is 10.1 Å². The maximum absolute atomic E-state index is 12.4. The summed E-state index contributed by atoms with van der Waals surface area (Å²) < 4.78 is 4.96. The SMILES string of the molecule is CCN1CCN(c2c(Cl)cccc2NC(=O)c2ccc([N+](=O)[O-])o2)CC1. The summed E-state index contributed by atoms with van der Waals surface area (Å²) in [5.41, 5.74) is 1.30. The third-order valence-corrected chi connectivity index (χ3v) is 4.67. The molecule has 0 radical (unpaired) electrons. The largest absolute Gasteiger partial charge is 0.433 e. The lowest BCUT2D eigenvalue weighted by atomic mass is 10.2. The maximum Gasteiger partial charge on any atom is 0.433 e. The molecule has 1 N–H and O–H groups in total. The van der Waals surface area contributed by atoms with E-state index in [0.717, 1.165) is 44.5 Å².